The normalized spacial score (nSPS) is 16.9. The van der Waals surface area contributed by atoms with E-state index in [9.17, 15) is 13.2 Å². The zero-order valence-corrected chi connectivity index (χ0v) is 17.8. The number of aromatic nitrogens is 1. The van der Waals surface area contributed by atoms with Crippen LogP contribution in [0.5, 0.6) is 0 Å². The molecular formula is C18H21Cl2N5O3S. The molecule has 1 aliphatic rings. The van der Waals surface area contributed by atoms with Crippen LogP contribution >= 0.6 is 23.2 Å². The molecule has 0 saturated heterocycles. The molecule has 156 valence electrons. The molecule has 0 atom stereocenters. The Morgan fingerprint density at radius 1 is 1.14 bits per heavy atom. The molecule has 0 spiro atoms. The lowest BCUT2D eigenvalue weighted by Gasteiger charge is -2.29. The molecule has 1 fully saturated rings. The smallest absolute Gasteiger partial charge is 0.242 e. The Kier molecular flexibility index (Phi) is 6.33. The lowest BCUT2D eigenvalue weighted by molar-refractivity contribution is -0.117. The molecule has 0 unspecified atom stereocenters. The molecule has 1 aromatic carbocycles. The van der Waals surface area contributed by atoms with Crippen LogP contribution in [0.1, 0.15) is 38.5 Å². The number of guanidine groups is 1. The Balaban J connectivity index is 2.08. The van der Waals surface area contributed by atoms with Crippen LogP contribution in [0.25, 0.3) is 10.8 Å². The zero-order chi connectivity index (χ0) is 21.2. The minimum absolute atomic E-state index is 0.0670. The van der Waals surface area contributed by atoms with Gasteiger partial charge in [-0.2, -0.15) is 9.71 Å². The van der Waals surface area contributed by atoms with Crippen molar-refractivity contribution in [1.82, 2.24) is 9.71 Å². The van der Waals surface area contributed by atoms with Crippen LogP contribution in [0.4, 0.5) is 5.82 Å². The van der Waals surface area contributed by atoms with Crippen molar-refractivity contribution in [3.05, 3.63) is 29.4 Å². The maximum atomic E-state index is 13.1. The number of benzene rings is 1. The summed E-state index contributed by atoms with van der Waals surface area (Å²) in [7, 11) is -4.07. The third kappa shape index (κ3) is 4.63. The molecular weight excluding hydrogens is 437 g/mol. The predicted octanol–water partition coefficient (Wildman–Crippen LogP) is 2.93. The van der Waals surface area contributed by atoms with Crippen molar-refractivity contribution in [1.29, 1.82) is 0 Å². The molecule has 2 aromatic rings. The second-order valence-corrected chi connectivity index (χ2v) is 9.48. The van der Waals surface area contributed by atoms with Gasteiger partial charge in [0.25, 0.3) is 0 Å². The number of halogens is 2. The van der Waals surface area contributed by atoms with E-state index in [0.717, 1.165) is 12.8 Å². The summed E-state index contributed by atoms with van der Waals surface area (Å²) in [5, 5.41) is 0.524. The summed E-state index contributed by atoms with van der Waals surface area (Å²) in [6.07, 6.45) is 5.37. The number of sulfonamides is 1. The van der Waals surface area contributed by atoms with Crippen molar-refractivity contribution < 1.29 is 13.2 Å². The zero-order valence-electron chi connectivity index (χ0n) is 15.5. The third-order valence-corrected chi connectivity index (χ3v) is 7.19. The van der Waals surface area contributed by atoms with Crippen molar-refractivity contribution in [2.75, 3.05) is 0 Å². The van der Waals surface area contributed by atoms with Gasteiger partial charge in [0.15, 0.2) is 11.8 Å². The first-order valence-corrected chi connectivity index (χ1v) is 11.3. The first-order chi connectivity index (χ1) is 13.6. The number of aliphatic imine (C=N–C) groups is 1. The number of carbonyl (C=O) groups excluding carboxylic acids is 1. The minimum atomic E-state index is -4.07. The summed E-state index contributed by atoms with van der Waals surface area (Å²) in [6.45, 7) is 0. The summed E-state index contributed by atoms with van der Waals surface area (Å²) in [6, 6.07) is 4.32. The predicted molar refractivity (Wildman–Crippen MR) is 114 cm³/mol. The molecule has 1 heterocycles. The second kappa shape index (κ2) is 8.43. The van der Waals surface area contributed by atoms with Gasteiger partial charge in [-0.3, -0.25) is 4.79 Å². The topological polar surface area (TPSA) is 141 Å². The summed E-state index contributed by atoms with van der Waals surface area (Å²) < 4.78 is 28.8. The molecule has 1 saturated carbocycles. The van der Waals surface area contributed by atoms with Gasteiger partial charge in [0.2, 0.25) is 15.3 Å². The molecule has 5 N–H and O–H groups in total. The van der Waals surface area contributed by atoms with Crippen molar-refractivity contribution in [3.8, 4) is 0 Å². The molecule has 0 aliphatic heterocycles. The Bertz CT molecular complexity index is 1080. The van der Waals surface area contributed by atoms with E-state index in [-0.39, 0.29) is 16.7 Å². The van der Waals surface area contributed by atoms with Crippen LogP contribution in [0, 0.1) is 0 Å². The van der Waals surface area contributed by atoms with Gasteiger partial charge in [-0.15, -0.1) is 0 Å². The summed E-state index contributed by atoms with van der Waals surface area (Å²) >= 11 is 12.0. The number of hydrogen-bond donors (Lipinski definition) is 3. The maximum Gasteiger partial charge on any atom is 0.242 e. The standard InChI is InChI=1S/C18H21Cl2N5O3S/c19-14-10-23-15(24-17(21)22)13-9-11(5-6-12(13)14)29(27,28)25-18(16(20)26)7-3-1-2-4-8-18/h5-6,9-10,25H,1-4,7-8H2,(H4,21,22,23,24). The first-order valence-electron chi connectivity index (χ1n) is 9.06. The highest BCUT2D eigenvalue weighted by Crippen LogP contribution is 2.34. The lowest BCUT2D eigenvalue weighted by atomic mass is 9.93. The Labute approximate surface area is 178 Å². The van der Waals surface area contributed by atoms with Crippen LogP contribution in [0.15, 0.2) is 34.3 Å². The Morgan fingerprint density at radius 2 is 1.79 bits per heavy atom. The van der Waals surface area contributed by atoms with E-state index in [4.69, 9.17) is 34.7 Å². The number of fused-ring (bicyclic) bond motifs is 1. The molecule has 0 radical (unpaired) electrons. The fourth-order valence-electron chi connectivity index (χ4n) is 3.54. The van der Waals surface area contributed by atoms with Crippen LogP contribution in [-0.2, 0) is 14.8 Å². The van der Waals surface area contributed by atoms with Crippen LogP contribution in [0.3, 0.4) is 0 Å². The second-order valence-electron chi connectivity index (χ2n) is 7.05. The summed E-state index contributed by atoms with van der Waals surface area (Å²) in [4.78, 5) is 20.1. The SMILES string of the molecule is NC(N)=Nc1ncc(Cl)c2ccc(S(=O)(=O)NC3(C(=O)Cl)CCCCCC3)cc12. The fourth-order valence-corrected chi connectivity index (χ4v) is 5.49. The third-order valence-electron chi connectivity index (χ3n) is 5.00. The molecule has 1 aromatic heterocycles. The molecule has 0 bridgehead atoms. The van der Waals surface area contributed by atoms with E-state index in [1.807, 2.05) is 0 Å². The highest BCUT2D eigenvalue weighted by Gasteiger charge is 2.41. The number of pyridine rings is 1. The number of rotatable bonds is 5. The van der Waals surface area contributed by atoms with Gasteiger partial charge in [-0.25, -0.2) is 13.4 Å². The molecule has 0 amide bonds. The number of nitrogens with one attached hydrogen (secondary N) is 1. The van der Waals surface area contributed by atoms with E-state index in [1.165, 1.54) is 18.3 Å². The lowest BCUT2D eigenvalue weighted by Crippen LogP contribution is -2.52. The maximum absolute atomic E-state index is 13.1. The number of carbonyl (C=O) groups is 1. The largest absolute Gasteiger partial charge is 0.370 e. The Hall–Kier alpha value is -1.94. The van der Waals surface area contributed by atoms with Gasteiger partial charge in [0, 0.05) is 17.0 Å². The van der Waals surface area contributed by atoms with Gasteiger partial charge in [0.1, 0.15) is 5.54 Å². The van der Waals surface area contributed by atoms with Crippen LogP contribution < -0.4 is 16.2 Å². The van der Waals surface area contributed by atoms with Gasteiger partial charge < -0.3 is 11.5 Å². The van der Waals surface area contributed by atoms with Crippen molar-refractivity contribution >= 4 is 61.0 Å². The first kappa shape index (κ1) is 21.8. The molecule has 29 heavy (non-hydrogen) atoms. The minimum Gasteiger partial charge on any atom is -0.370 e. The van der Waals surface area contributed by atoms with Crippen LogP contribution in [0.2, 0.25) is 5.02 Å². The number of nitrogens with two attached hydrogens (primary N) is 2. The summed E-state index contributed by atoms with van der Waals surface area (Å²) in [5.74, 6) is -0.0864. The average molecular weight is 458 g/mol. The van der Waals surface area contributed by atoms with Gasteiger partial charge in [0.05, 0.1) is 9.92 Å². The number of hydrogen-bond acceptors (Lipinski definition) is 5. The van der Waals surface area contributed by atoms with Gasteiger partial charge in [-0.1, -0.05) is 43.4 Å². The van der Waals surface area contributed by atoms with E-state index >= 15 is 0 Å². The van der Waals surface area contributed by atoms with E-state index in [1.54, 1.807) is 6.07 Å². The Morgan fingerprint density at radius 3 is 2.38 bits per heavy atom. The van der Waals surface area contributed by atoms with Gasteiger partial charge in [-0.05, 0) is 36.6 Å². The molecule has 1 aliphatic carbocycles. The van der Waals surface area contributed by atoms with Crippen molar-refractivity contribution in [2.45, 2.75) is 49.0 Å². The monoisotopic (exact) mass is 457 g/mol. The van der Waals surface area contributed by atoms with E-state index in [2.05, 4.69) is 14.7 Å². The van der Waals surface area contributed by atoms with E-state index < -0.39 is 20.8 Å². The molecule has 11 heteroatoms. The summed E-state index contributed by atoms with van der Waals surface area (Å²) in [5.41, 5.74) is 9.56. The van der Waals surface area contributed by atoms with Crippen molar-refractivity contribution in [3.63, 3.8) is 0 Å². The number of nitrogens with zero attached hydrogens (tertiary/aromatic N) is 2. The van der Waals surface area contributed by atoms with Gasteiger partial charge >= 0.3 is 0 Å². The molecule has 8 nitrogen and oxygen atoms in total. The quantitative estimate of drug-likeness (QED) is 0.272. The van der Waals surface area contributed by atoms with Crippen LogP contribution in [-0.4, -0.2) is 30.1 Å². The van der Waals surface area contributed by atoms with E-state index in [0.29, 0.717) is 41.5 Å². The highest BCUT2D eigenvalue weighted by atomic mass is 35.5. The average Bonchev–Trinajstić information content (AvgIpc) is 2.89. The molecule has 3 rings (SSSR count). The highest BCUT2D eigenvalue weighted by molar-refractivity contribution is 7.89. The van der Waals surface area contributed by atoms with Crippen molar-refractivity contribution in [2.24, 2.45) is 16.5 Å². The fraction of sp³-hybridized carbons (Fsp3) is 0.389.